The van der Waals surface area contributed by atoms with Crippen LogP contribution in [0.15, 0.2) is 23.1 Å². The summed E-state index contributed by atoms with van der Waals surface area (Å²) in [6.07, 6.45) is 1.97. The molecule has 6 nitrogen and oxygen atoms in total. The van der Waals surface area contributed by atoms with Gasteiger partial charge >= 0.3 is 5.97 Å². The van der Waals surface area contributed by atoms with Gasteiger partial charge in [0.25, 0.3) is 10.1 Å². The number of carboxylic acid groups (broad SMARTS) is 1. The summed E-state index contributed by atoms with van der Waals surface area (Å²) in [6.45, 7) is 1.51. The highest BCUT2D eigenvalue weighted by atomic mass is 32.2. The van der Waals surface area contributed by atoms with Gasteiger partial charge in [0, 0.05) is 13.1 Å². The van der Waals surface area contributed by atoms with Crippen molar-refractivity contribution in [2.75, 3.05) is 18.0 Å². The zero-order valence-electron chi connectivity index (χ0n) is 9.54. The van der Waals surface area contributed by atoms with Crippen LogP contribution in [-0.4, -0.2) is 37.1 Å². The van der Waals surface area contributed by atoms with Gasteiger partial charge in [0.1, 0.15) is 0 Å². The van der Waals surface area contributed by atoms with Crippen LogP contribution < -0.4 is 4.90 Å². The molecule has 1 heterocycles. The Hall–Kier alpha value is -1.60. The van der Waals surface area contributed by atoms with Crippen molar-refractivity contribution in [3.63, 3.8) is 0 Å². The molecule has 0 radical (unpaired) electrons. The summed E-state index contributed by atoms with van der Waals surface area (Å²) >= 11 is 0. The average Bonchev–Trinajstić information content (AvgIpc) is 2.80. The third kappa shape index (κ3) is 2.46. The minimum atomic E-state index is -4.38. The molecule has 0 atom stereocenters. The lowest BCUT2D eigenvalue weighted by Crippen LogP contribution is -2.21. The molecule has 0 amide bonds. The Morgan fingerprint density at radius 3 is 2.33 bits per heavy atom. The molecule has 18 heavy (non-hydrogen) atoms. The normalized spacial score (nSPS) is 15.9. The summed E-state index contributed by atoms with van der Waals surface area (Å²) in [4.78, 5) is 12.7. The number of carboxylic acids is 1. The van der Waals surface area contributed by atoms with Gasteiger partial charge in [-0.15, -0.1) is 0 Å². The van der Waals surface area contributed by atoms with Crippen LogP contribution in [0.25, 0.3) is 0 Å². The van der Waals surface area contributed by atoms with Crippen molar-refractivity contribution in [3.05, 3.63) is 23.8 Å². The lowest BCUT2D eigenvalue weighted by Gasteiger charge is -2.20. The largest absolute Gasteiger partial charge is 0.478 e. The van der Waals surface area contributed by atoms with Crippen LogP contribution >= 0.6 is 0 Å². The lowest BCUT2D eigenvalue weighted by atomic mass is 10.1. The van der Waals surface area contributed by atoms with Crippen LogP contribution in [0.5, 0.6) is 0 Å². The molecule has 0 spiro atoms. The average molecular weight is 271 g/mol. The van der Waals surface area contributed by atoms with Crippen molar-refractivity contribution in [1.29, 1.82) is 0 Å². The second-order valence-electron chi connectivity index (χ2n) is 4.15. The Morgan fingerprint density at radius 2 is 1.83 bits per heavy atom. The van der Waals surface area contributed by atoms with E-state index in [1.54, 1.807) is 0 Å². The smallest absolute Gasteiger partial charge is 0.337 e. The second kappa shape index (κ2) is 4.58. The standard InChI is InChI=1S/C11H13NO5S/c13-11(14)9-7-8(18(15,16)17)3-4-10(9)12-5-1-2-6-12/h3-4,7H,1-2,5-6H2,(H,13,14)(H,15,16,17). The third-order valence-electron chi connectivity index (χ3n) is 2.94. The number of rotatable bonds is 3. The molecule has 7 heteroatoms. The van der Waals surface area contributed by atoms with Crippen LogP contribution in [0.3, 0.4) is 0 Å². The fourth-order valence-corrected chi connectivity index (χ4v) is 2.59. The van der Waals surface area contributed by atoms with Crippen LogP contribution in [0.1, 0.15) is 23.2 Å². The van der Waals surface area contributed by atoms with Crippen LogP contribution in [0.4, 0.5) is 5.69 Å². The van der Waals surface area contributed by atoms with Crippen LogP contribution in [0.2, 0.25) is 0 Å². The molecule has 1 fully saturated rings. The SMILES string of the molecule is O=C(O)c1cc(S(=O)(=O)O)ccc1N1CCCC1. The molecule has 2 N–H and O–H groups in total. The zero-order chi connectivity index (χ0) is 13.3. The predicted molar refractivity (Wildman–Crippen MR) is 64.7 cm³/mol. The molecule has 0 unspecified atom stereocenters. The maximum absolute atomic E-state index is 11.2. The Morgan fingerprint density at radius 1 is 1.22 bits per heavy atom. The van der Waals surface area contributed by atoms with Crippen molar-refractivity contribution in [2.24, 2.45) is 0 Å². The van der Waals surface area contributed by atoms with Gasteiger partial charge in [0.05, 0.1) is 16.1 Å². The Balaban J connectivity index is 2.51. The van der Waals surface area contributed by atoms with Gasteiger partial charge in [-0.05, 0) is 31.0 Å². The number of aromatic carboxylic acids is 1. The van der Waals surface area contributed by atoms with Gasteiger partial charge in [-0.25, -0.2) is 4.79 Å². The number of hydrogen-bond acceptors (Lipinski definition) is 4. The maximum atomic E-state index is 11.2. The van der Waals surface area contributed by atoms with Gasteiger partial charge in [-0.3, -0.25) is 4.55 Å². The molecule has 1 aromatic carbocycles. The van der Waals surface area contributed by atoms with E-state index in [4.69, 9.17) is 9.66 Å². The van der Waals surface area contributed by atoms with E-state index in [0.29, 0.717) is 5.69 Å². The van der Waals surface area contributed by atoms with E-state index >= 15 is 0 Å². The van der Waals surface area contributed by atoms with Crippen molar-refractivity contribution in [2.45, 2.75) is 17.7 Å². The van der Waals surface area contributed by atoms with E-state index in [1.165, 1.54) is 12.1 Å². The molecular weight excluding hydrogens is 258 g/mol. The molecule has 1 saturated heterocycles. The first-order chi connectivity index (χ1) is 8.39. The number of anilines is 1. The van der Waals surface area contributed by atoms with E-state index in [1.807, 2.05) is 4.90 Å². The second-order valence-corrected chi connectivity index (χ2v) is 5.57. The highest BCUT2D eigenvalue weighted by Crippen LogP contribution is 2.27. The fraction of sp³-hybridized carbons (Fsp3) is 0.364. The lowest BCUT2D eigenvalue weighted by molar-refractivity contribution is 0.0697. The Kier molecular flexibility index (Phi) is 3.27. The van der Waals surface area contributed by atoms with Gasteiger partial charge < -0.3 is 10.0 Å². The third-order valence-corrected chi connectivity index (χ3v) is 3.79. The Labute approximate surface area is 105 Å². The van der Waals surface area contributed by atoms with E-state index in [0.717, 1.165) is 32.0 Å². The zero-order valence-corrected chi connectivity index (χ0v) is 10.4. The molecule has 0 saturated carbocycles. The summed E-state index contributed by atoms with van der Waals surface area (Å²) in [5.74, 6) is -1.21. The topological polar surface area (TPSA) is 94.9 Å². The highest BCUT2D eigenvalue weighted by Gasteiger charge is 2.21. The van der Waals surface area contributed by atoms with E-state index < -0.39 is 21.0 Å². The molecule has 1 aliphatic heterocycles. The summed E-state index contributed by atoms with van der Waals surface area (Å²) < 4.78 is 30.9. The van der Waals surface area contributed by atoms with Gasteiger partial charge in [0.2, 0.25) is 0 Å². The van der Waals surface area contributed by atoms with Crippen LogP contribution in [0, 0.1) is 0 Å². The molecule has 1 aromatic rings. The fourth-order valence-electron chi connectivity index (χ4n) is 2.08. The molecule has 0 bridgehead atoms. The first-order valence-corrected chi connectivity index (χ1v) is 6.93. The summed E-state index contributed by atoms with van der Waals surface area (Å²) in [6, 6.07) is 3.64. The number of carbonyl (C=O) groups is 1. The quantitative estimate of drug-likeness (QED) is 0.803. The van der Waals surface area contributed by atoms with Gasteiger partial charge in [-0.1, -0.05) is 0 Å². The molecular formula is C11H13NO5S. The number of nitrogens with zero attached hydrogens (tertiary/aromatic N) is 1. The first kappa shape index (κ1) is 12.8. The van der Waals surface area contributed by atoms with E-state index in [-0.39, 0.29) is 5.56 Å². The Bertz CT molecular complexity index is 575. The van der Waals surface area contributed by atoms with Crippen molar-refractivity contribution in [1.82, 2.24) is 0 Å². The van der Waals surface area contributed by atoms with Gasteiger partial charge in [-0.2, -0.15) is 8.42 Å². The predicted octanol–water partition coefficient (Wildman–Crippen LogP) is 1.23. The summed E-state index contributed by atoms with van der Waals surface area (Å²) in [5.41, 5.74) is 0.388. The maximum Gasteiger partial charge on any atom is 0.337 e. The van der Waals surface area contributed by atoms with E-state index in [9.17, 15) is 13.2 Å². The monoisotopic (exact) mass is 271 g/mol. The first-order valence-electron chi connectivity index (χ1n) is 5.49. The molecule has 2 rings (SSSR count). The molecule has 0 aliphatic carbocycles. The molecule has 98 valence electrons. The minimum absolute atomic E-state index is 0.105. The molecule has 1 aliphatic rings. The van der Waals surface area contributed by atoms with E-state index in [2.05, 4.69) is 0 Å². The van der Waals surface area contributed by atoms with Crippen LogP contribution in [-0.2, 0) is 10.1 Å². The number of hydrogen-bond donors (Lipinski definition) is 2. The van der Waals surface area contributed by atoms with Gasteiger partial charge in [0.15, 0.2) is 0 Å². The molecule has 0 aromatic heterocycles. The summed E-state index contributed by atoms with van der Waals surface area (Å²) in [5, 5.41) is 9.11. The van der Waals surface area contributed by atoms with Crippen molar-refractivity contribution in [3.8, 4) is 0 Å². The van der Waals surface area contributed by atoms with Crippen molar-refractivity contribution < 1.29 is 22.9 Å². The highest BCUT2D eigenvalue weighted by molar-refractivity contribution is 7.85. The summed E-state index contributed by atoms with van der Waals surface area (Å²) in [7, 11) is -4.38. The van der Waals surface area contributed by atoms with Crippen molar-refractivity contribution >= 4 is 21.8 Å². The number of benzene rings is 1. The minimum Gasteiger partial charge on any atom is -0.478 e.